The molecule has 4 heteroatoms. The summed E-state index contributed by atoms with van der Waals surface area (Å²) in [4.78, 5) is 0. The molecule has 0 aromatic carbocycles. The third kappa shape index (κ3) is 3.27. The minimum atomic E-state index is 0. The SMILES string of the molecule is Cl.Cl.N[C@H]1CCCC2(CCNCC2)C1. The van der Waals surface area contributed by atoms with Gasteiger partial charge in [0, 0.05) is 6.04 Å². The van der Waals surface area contributed by atoms with Gasteiger partial charge in [-0.15, -0.1) is 24.8 Å². The molecule has 0 unspecified atom stereocenters. The molecule has 0 bridgehead atoms. The summed E-state index contributed by atoms with van der Waals surface area (Å²) in [5, 5.41) is 3.43. The highest BCUT2D eigenvalue weighted by Gasteiger charge is 2.35. The molecular weight excluding hydrogens is 219 g/mol. The Kier molecular flexibility index (Phi) is 6.38. The molecule has 0 aromatic rings. The minimum absolute atomic E-state index is 0. The van der Waals surface area contributed by atoms with E-state index in [2.05, 4.69) is 5.32 Å². The largest absolute Gasteiger partial charge is 0.328 e. The summed E-state index contributed by atoms with van der Waals surface area (Å²) in [5.74, 6) is 0. The highest BCUT2D eigenvalue weighted by atomic mass is 35.5. The van der Waals surface area contributed by atoms with Crippen molar-refractivity contribution in [2.24, 2.45) is 11.1 Å². The first-order valence-corrected chi connectivity index (χ1v) is 5.27. The Balaban J connectivity index is 0.000000845. The topological polar surface area (TPSA) is 38.0 Å². The average Bonchev–Trinajstić information content (AvgIpc) is 2.05. The lowest BCUT2D eigenvalue weighted by atomic mass is 9.67. The van der Waals surface area contributed by atoms with Crippen molar-refractivity contribution in [3.05, 3.63) is 0 Å². The van der Waals surface area contributed by atoms with Gasteiger partial charge in [-0.25, -0.2) is 0 Å². The molecule has 1 atom stereocenters. The van der Waals surface area contributed by atoms with E-state index in [1.165, 1.54) is 51.6 Å². The zero-order valence-corrected chi connectivity index (χ0v) is 10.3. The summed E-state index contributed by atoms with van der Waals surface area (Å²) in [6.45, 7) is 2.43. The molecule has 1 saturated carbocycles. The van der Waals surface area contributed by atoms with E-state index in [4.69, 9.17) is 5.73 Å². The molecule has 86 valence electrons. The molecule has 1 aliphatic carbocycles. The second kappa shape index (κ2) is 6.16. The maximum Gasteiger partial charge on any atom is 0.00441 e. The fourth-order valence-electron chi connectivity index (χ4n) is 2.91. The number of nitrogens with two attached hydrogens (primary N) is 1. The molecule has 3 N–H and O–H groups in total. The highest BCUT2D eigenvalue weighted by molar-refractivity contribution is 5.85. The van der Waals surface area contributed by atoms with Gasteiger partial charge < -0.3 is 11.1 Å². The van der Waals surface area contributed by atoms with E-state index in [1.807, 2.05) is 0 Å². The Bertz CT molecular complexity index is 153. The maximum atomic E-state index is 6.02. The molecule has 1 spiro atoms. The van der Waals surface area contributed by atoms with Crippen molar-refractivity contribution in [3.8, 4) is 0 Å². The lowest BCUT2D eigenvalue weighted by Crippen LogP contribution is -2.43. The predicted octanol–water partition coefficient (Wildman–Crippen LogP) is 2.10. The lowest BCUT2D eigenvalue weighted by molar-refractivity contribution is 0.121. The van der Waals surface area contributed by atoms with Crippen LogP contribution in [0.4, 0.5) is 0 Å². The Hall–Kier alpha value is 0.500. The maximum absolute atomic E-state index is 6.02. The number of rotatable bonds is 0. The van der Waals surface area contributed by atoms with Gasteiger partial charge in [-0.1, -0.05) is 6.42 Å². The molecule has 0 radical (unpaired) electrons. The normalized spacial score (nSPS) is 30.2. The van der Waals surface area contributed by atoms with Crippen molar-refractivity contribution >= 4 is 24.8 Å². The van der Waals surface area contributed by atoms with E-state index < -0.39 is 0 Å². The smallest absolute Gasteiger partial charge is 0.00441 e. The van der Waals surface area contributed by atoms with Crippen LogP contribution in [0, 0.1) is 5.41 Å². The van der Waals surface area contributed by atoms with E-state index in [-0.39, 0.29) is 24.8 Å². The van der Waals surface area contributed by atoms with Crippen LogP contribution in [0.1, 0.15) is 38.5 Å². The molecule has 2 rings (SSSR count). The summed E-state index contributed by atoms with van der Waals surface area (Å²) < 4.78 is 0. The van der Waals surface area contributed by atoms with Gasteiger partial charge in [-0.2, -0.15) is 0 Å². The third-order valence-electron chi connectivity index (χ3n) is 3.64. The van der Waals surface area contributed by atoms with Crippen LogP contribution in [0.5, 0.6) is 0 Å². The number of halogens is 2. The zero-order chi connectivity index (χ0) is 8.44. The van der Waals surface area contributed by atoms with Crippen molar-refractivity contribution in [1.82, 2.24) is 5.32 Å². The molecular formula is C10H22Cl2N2. The van der Waals surface area contributed by atoms with Gasteiger partial charge >= 0.3 is 0 Å². The van der Waals surface area contributed by atoms with E-state index in [1.54, 1.807) is 0 Å². The Morgan fingerprint density at radius 2 is 1.71 bits per heavy atom. The van der Waals surface area contributed by atoms with Crippen LogP contribution in [0.25, 0.3) is 0 Å². The minimum Gasteiger partial charge on any atom is -0.328 e. The Labute approximate surface area is 99.2 Å². The Morgan fingerprint density at radius 1 is 1.07 bits per heavy atom. The summed E-state index contributed by atoms with van der Waals surface area (Å²) in [5.41, 5.74) is 6.66. The third-order valence-corrected chi connectivity index (χ3v) is 3.64. The molecule has 1 aliphatic heterocycles. The number of hydrogen-bond acceptors (Lipinski definition) is 2. The van der Waals surface area contributed by atoms with Gasteiger partial charge in [0.05, 0.1) is 0 Å². The van der Waals surface area contributed by atoms with Crippen molar-refractivity contribution in [2.75, 3.05) is 13.1 Å². The van der Waals surface area contributed by atoms with Crippen molar-refractivity contribution in [2.45, 2.75) is 44.6 Å². The summed E-state index contributed by atoms with van der Waals surface area (Å²) in [6.07, 6.45) is 8.06. The standard InChI is InChI=1S/C10H20N2.2ClH/c11-9-2-1-3-10(8-9)4-6-12-7-5-10;;/h9,12H,1-8,11H2;2*1H/t9-;;/m0../s1. The van der Waals surface area contributed by atoms with Gasteiger partial charge in [-0.05, 0) is 50.6 Å². The highest BCUT2D eigenvalue weighted by Crippen LogP contribution is 2.42. The van der Waals surface area contributed by atoms with E-state index in [0.717, 1.165) is 0 Å². The van der Waals surface area contributed by atoms with E-state index in [0.29, 0.717) is 11.5 Å². The van der Waals surface area contributed by atoms with Crippen LogP contribution in [-0.4, -0.2) is 19.1 Å². The molecule has 1 saturated heterocycles. The number of hydrogen-bond donors (Lipinski definition) is 2. The molecule has 1 heterocycles. The van der Waals surface area contributed by atoms with Crippen LogP contribution >= 0.6 is 24.8 Å². The molecule has 14 heavy (non-hydrogen) atoms. The number of nitrogens with one attached hydrogen (secondary N) is 1. The van der Waals surface area contributed by atoms with Gasteiger partial charge in [-0.3, -0.25) is 0 Å². The van der Waals surface area contributed by atoms with Crippen LogP contribution in [0.15, 0.2) is 0 Å². The van der Waals surface area contributed by atoms with E-state index >= 15 is 0 Å². The van der Waals surface area contributed by atoms with Crippen LogP contribution in [0.2, 0.25) is 0 Å². The van der Waals surface area contributed by atoms with Gasteiger partial charge in [0.2, 0.25) is 0 Å². The first-order chi connectivity index (χ1) is 5.81. The van der Waals surface area contributed by atoms with Gasteiger partial charge in [0.15, 0.2) is 0 Å². The lowest BCUT2D eigenvalue weighted by Gasteiger charge is -2.43. The van der Waals surface area contributed by atoms with Gasteiger partial charge in [0.25, 0.3) is 0 Å². The summed E-state index contributed by atoms with van der Waals surface area (Å²) in [7, 11) is 0. The molecule has 0 amide bonds. The van der Waals surface area contributed by atoms with Crippen LogP contribution in [0.3, 0.4) is 0 Å². The molecule has 0 aromatic heterocycles. The quantitative estimate of drug-likeness (QED) is 0.681. The van der Waals surface area contributed by atoms with Crippen LogP contribution in [-0.2, 0) is 0 Å². The second-order valence-electron chi connectivity index (χ2n) is 4.61. The van der Waals surface area contributed by atoms with Gasteiger partial charge in [0.1, 0.15) is 0 Å². The first-order valence-electron chi connectivity index (χ1n) is 5.27. The predicted molar refractivity (Wildman–Crippen MR) is 65.5 cm³/mol. The monoisotopic (exact) mass is 240 g/mol. The average molecular weight is 241 g/mol. The fourth-order valence-corrected chi connectivity index (χ4v) is 2.91. The second-order valence-corrected chi connectivity index (χ2v) is 4.61. The molecule has 2 fully saturated rings. The van der Waals surface area contributed by atoms with E-state index in [9.17, 15) is 0 Å². The molecule has 2 aliphatic rings. The zero-order valence-electron chi connectivity index (χ0n) is 8.63. The van der Waals surface area contributed by atoms with Crippen molar-refractivity contribution < 1.29 is 0 Å². The summed E-state index contributed by atoms with van der Waals surface area (Å²) >= 11 is 0. The Morgan fingerprint density at radius 3 is 2.29 bits per heavy atom. The fraction of sp³-hybridized carbons (Fsp3) is 1.00. The van der Waals surface area contributed by atoms with Crippen molar-refractivity contribution in [3.63, 3.8) is 0 Å². The number of piperidine rings is 1. The van der Waals surface area contributed by atoms with Crippen molar-refractivity contribution in [1.29, 1.82) is 0 Å². The molecule has 2 nitrogen and oxygen atoms in total. The van der Waals surface area contributed by atoms with Crippen LogP contribution < -0.4 is 11.1 Å². The summed E-state index contributed by atoms with van der Waals surface area (Å²) in [6, 6.07) is 0.497. The first kappa shape index (κ1) is 14.5.